The third-order valence-corrected chi connectivity index (χ3v) is 6.44. The van der Waals surface area contributed by atoms with Crippen molar-refractivity contribution >= 4 is 27.6 Å². The average Bonchev–Trinajstić information content (AvgIpc) is 2.60. The highest BCUT2D eigenvalue weighted by molar-refractivity contribution is 7.89. The Kier molecular flexibility index (Phi) is 4.64. The number of aliphatic imine (C=N–C) groups is 1. The van der Waals surface area contributed by atoms with Crippen LogP contribution in [-0.2, 0) is 15.6 Å². The number of nitrogens with zero attached hydrogens (tertiary/aromatic N) is 3. The fourth-order valence-corrected chi connectivity index (χ4v) is 4.27. The fraction of sp³-hybridized carbons (Fsp3) is 0.278. The lowest BCUT2D eigenvalue weighted by Crippen LogP contribution is -2.50. The molecule has 1 amide bonds. The Morgan fingerprint density at radius 2 is 1.93 bits per heavy atom. The summed E-state index contributed by atoms with van der Waals surface area (Å²) in [5.41, 5.74) is 7.26. The van der Waals surface area contributed by atoms with Gasteiger partial charge < -0.3 is 11.1 Å². The zero-order chi connectivity index (χ0) is 19.8. The molecule has 1 aliphatic rings. The van der Waals surface area contributed by atoms with E-state index in [1.54, 1.807) is 25.1 Å². The van der Waals surface area contributed by atoms with E-state index in [9.17, 15) is 13.2 Å². The van der Waals surface area contributed by atoms with Crippen LogP contribution in [0.25, 0.3) is 0 Å². The molecule has 2 aromatic rings. The van der Waals surface area contributed by atoms with Gasteiger partial charge in [0.2, 0.25) is 16.0 Å². The first kappa shape index (κ1) is 18.8. The summed E-state index contributed by atoms with van der Waals surface area (Å²) >= 11 is 0. The van der Waals surface area contributed by atoms with Crippen molar-refractivity contribution in [3.05, 3.63) is 59.4 Å². The molecule has 3 rings (SSSR count). The number of nitrogens with one attached hydrogen (secondary N) is 1. The summed E-state index contributed by atoms with van der Waals surface area (Å²) in [6.45, 7) is 3.62. The number of rotatable bonds is 3. The number of pyridine rings is 1. The van der Waals surface area contributed by atoms with Gasteiger partial charge in [0.15, 0.2) is 0 Å². The maximum absolute atomic E-state index is 12.4. The summed E-state index contributed by atoms with van der Waals surface area (Å²) in [5.74, 6) is -0.607. The lowest BCUT2D eigenvalue weighted by atomic mass is 9.96. The number of anilines is 1. The molecule has 0 aliphatic carbocycles. The van der Waals surface area contributed by atoms with Gasteiger partial charge in [0.1, 0.15) is 5.54 Å². The van der Waals surface area contributed by atoms with Gasteiger partial charge in [-0.25, -0.2) is 17.7 Å². The summed E-state index contributed by atoms with van der Waals surface area (Å²) in [6, 6.07) is 8.84. The minimum Gasteiger partial charge on any atom is -0.369 e. The van der Waals surface area contributed by atoms with Crippen molar-refractivity contribution in [3.63, 3.8) is 0 Å². The summed E-state index contributed by atoms with van der Waals surface area (Å²) < 4.78 is 25.6. The van der Waals surface area contributed by atoms with E-state index < -0.39 is 15.6 Å². The summed E-state index contributed by atoms with van der Waals surface area (Å²) in [5, 5.41) is 2.77. The quantitative estimate of drug-likeness (QED) is 0.826. The number of guanidine groups is 1. The van der Waals surface area contributed by atoms with Gasteiger partial charge in [0.25, 0.3) is 5.91 Å². The van der Waals surface area contributed by atoms with Gasteiger partial charge in [-0.15, -0.1) is 0 Å². The van der Waals surface area contributed by atoms with E-state index in [0.717, 1.165) is 9.87 Å². The van der Waals surface area contributed by atoms with Crippen molar-refractivity contribution in [1.29, 1.82) is 0 Å². The molecule has 2 heterocycles. The molecule has 9 heteroatoms. The summed E-state index contributed by atoms with van der Waals surface area (Å²) in [7, 11) is -2.22. The first-order valence-corrected chi connectivity index (χ1v) is 9.87. The summed E-state index contributed by atoms with van der Waals surface area (Å²) in [6.07, 6.45) is 3.02. The standard InChI is InChI=1S/C18H21N5O3S/c1-12-4-6-13(7-5-12)16(24)21-15-8-14(9-20-10-15)18(2)11-27(25,26)23(3)17(19)22-18/h4-10H,11H2,1-3H3,(H2,19,22)(H,21,24)/t18-/m0/s1. The Morgan fingerprint density at radius 3 is 2.56 bits per heavy atom. The van der Waals surface area contributed by atoms with E-state index in [1.807, 2.05) is 19.1 Å². The van der Waals surface area contributed by atoms with E-state index in [-0.39, 0.29) is 17.6 Å². The van der Waals surface area contributed by atoms with Crippen LogP contribution in [0.15, 0.2) is 47.7 Å². The van der Waals surface area contributed by atoms with E-state index >= 15 is 0 Å². The molecular formula is C18H21N5O3S. The second-order valence-corrected chi connectivity index (χ2v) is 8.75. The molecule has 1 aromatic heterocycles. The van der Waals surface area contributed by atoms with E-state index in [0.29, 0.717) is 16.8 Å². The van der Waals surface area contributed by atoms with Gasteiger partial charge in [-0.1, -0.05) is 17.7 Å². The molecule has 27 heavy (non-hydrogen) atoms. The van der Waals surface area contributed by atoms with Gasteiger partial charge in [0, 0.05) is 24.4 Å². The first-order valence-electron chi connectivity index (χ1n) is 8.26. The smallest absolute Gasteiger partial charge is 0.255 e. The molecule has 0 fully saturated rings. The zero-order valence-electron chi connectivity index (χ0n) is 15.3. The van der Waals surface area contributed by atoms with E-state index in [2.05, 4.69) is 15.3 Å². The van der Waals surface area contributed by atoms with Crippen LogP contribution in [0.4, 0.5) is 5.69 Å². The zero-order valence-corrected chi connectivity index (χ0v) is 16.1. The molecule has 0 saturated carbocycles. The lowest BCUT2D eigenvalue weighted by Gasteiger charge is -2.34. The van der Waals surface area contributed by atoms with Crippen LogP contribution in [-0.4, -0.2) is 42.4 Å². The molecule has 0 radical (unpaired) electrons. The highest BCUT2D eigenvalue weighted by Gasteiger charge is 2.40. The Bertz CT molecular complexity index is 1020. The molecule has 0 spiro atoms. The molecular weight excluding hydrogens is 366 g/mol. The second kappa shape index (κ2) is 6.66. The monoisotopic (exact) mass is 387 g/mol. The molecule has 1 atom stereocenters. The maximum atomic E-state index is 12.4. The van der Waals surface area contributed by atoms with E-state index in [4.69, 9.17) is 5.73 Å². The van der Waals surface area contributed by atoms with Crippen LogP contribution in [0.1, 0.15) is 28.4 Å². The number of benzene rings is 1. The van der Waals surface area contributed by atoms with Crippen LogP contribution in [0.2, 0.25) is 0 Å². The number of carbonyl (C=O) groups is 1. The van der Waals surface area contributed by atoms with Gasteiger partial charge in [-0.05, 0) is 32.0 Å². The lowest BCUT2D eigenvalue weighted by molar-refractivity contribution is 0.102. The van der Waals surface area contributed by atoms with Crippen LogP contribution in [0, 0.1) is 6.92 Å². The third kappa shape index (κ3) is 3.77. The minimum absolute atomic E-state index is 0.0853. The first-order chi connectivity index (χ1) is 12.6. The highest BCUT2D eigenvalue weighted by atomic mass is 32.2. The van der Waals surface area contributed by atoms with Crippen LogP contribution in [0.5, 0.6) is 0 Å². The Labute approximate surface area is 158 Å². The summed E-state index contributed by atoms with van der Waals surface area (Å²) in [4.78, 5) is 20.9. The van der Waals surface area contributed by atoms with Crippen molar-refractivity contribution in [2.24, 2.45) is 10.7 Å². The van der Waals surface area contributed by atoms with Crippen molar-refractivity contribution in [3.8, 4) is 0 Å². The van der Waals surface area contributed by atoms with Crippen molar-refractivity contribution in [1.82, 2.24) is 9.29 Å². The number of sulfonamides is 1. The van der Waals surface area contributed by atoms with Crippen LogP contribution >= 0.6 is 0 Å². The molecule has 8 nitrogen and oxygen atoms in total. The Morgan fingerprint density at radius 1 is 1.26 bits per heavy atom. The number of carbonyl (C=O) groups excluding carboxylic acids is 1. The molecule has 1 aliphatic heterocycles. The topological polar surface area (TPSA) is 118 Å². The maximum Gasteiger partial charge on any atom is 0.255 e. The number of aryl methyl sites for hydroxylation is 1. The van der Waals surface area contributed by atoms with Crippen molar-refractivity contribution in [2.75, 3.05) is 18.1 Å². The highest BCUT2D eigenvalue weighted by Crippen LogP contribution is 2.32. The molecule has 3 N–H and O–H groups in total. The Hall–Kier alpha value is -2.94. The van der Waals surface area contributed by atoms with Crippen LogP contribution in [0.3, 0.4) is 0 Å². The molecule has 142 valence electrons. The molecule has 0 bridgehead atoms. The largest absolute Gasteiger partial charge is 0.369 e. The number of amides is 1. The second-order valence-electron chi connectivity index (χ2n) is 6.75. The molecule has 0 unspecified atom stereocenters. The number of hydrogen-bond donors (Lipinski definition) is 2. The van der Waals surface area contributed by atoms with Crippen molar-refractivity contribution in [2.45, 2.75) is 19.4 Å². The van der Waals surface area contributed by atoms with Crippen molar-refractivity contribution < 1.29 is 13.2 Å². The minimum atomic E-state index is -3.59. The number of nitrogens with two attached hydrogens (primary N) is 1. The van der Waals surface area contributed by atoms with E-state index in [1.165, 1.54) is 19.4 Å². The normalized spacial score (nSPS) is 21.4. The van der Waals surface area contributed by atoms with Crippen LogP contribution < -0.4 is 11.1 Å². The average molecular weight is 387 g/mol. The van der Waals surface area contributed by atoms with Gasteiger partial charge in [-0.2, -0.15) is 0 Å². The SMILES string of the molecule is Cc1ccc(C(=O)Nc2cncc([C@]3(C)CS(=O)(=O)N(C)C(N)=N3)c2)cc1. The van der Waals surface area contributed by atoms with Gasteiger partial charge in [0.05, 0.1) is 17.6 Å². The number of aromatic nitrogens is 1. The van der Waals surface area contributed by atoms with Gasteiger partial charge in [-0.3, -0.25) is 9.78 Å². The molecule has 1 aromatic carbocycles. The van der Waals surface area contributed by atoms with Gasteiger partial charge >= 0.3 is 0 Å². The fourth-order valence-electron chi connectivity index (χ4n) is 2.81. The Balaban J connectivity index is 1.89. The number of hydrogen-bond acceptors (Lipinski definition) is 6. The predicted octanol–water partition coefficient (Wildman–Crippen LogP) is 1.45. The molecule has 0 saturated heterocycles. The predicted molar refractivity (Wildman–Crippen MR) is 104 cm³/mol. The third-order valence-electron chi connectivity index (χ3n) is 4.50.